The molecule has 1 atom stereocenters. The van der Waals surface area contributed by atoms with Gasteiger partial charge in [0.15, 0.2) is 11.5 Å². The van der Waals surface area contributed by atoms with Crippen LogP contribution in [0.1, 0.15) is 40.3 Å². The summed E-state index contributed by atoms with van der Waals surface area (Å²) in [7, 11) is 3.17. The summed E-state index contributed by atoms with van der Waals surface area (Å²) in [5.41, 5.74) is 2.61. The zero-order valence-corrected chi connectivity index (χ0v) is 13.4. The summed E-state index contributed by atoms with van der Waals surface area (Å²) >= 11 is 0. The Kier molecular flexibility index (Phi) is 4.70. The first-order valence-corrected chi connectivity index (χ1v) is 6.93. The molecule has 6 nitrogen and oxygen atoms in total. The van der Waals surface area contributed by atoms with Crippen molar-refractivity contribution in [1.82, 2.24) is 10.5 Å². The van der Waals surface area contributed by atoms with Crippen LogP contribution < -0.4 is 14.8 Å². The van der Waals surface area contributed by atoms with Gasteiger partial charge >= 0.3 is 0 Å². The number of carbonyl (C=O) groups is 1. The van der Waals surface area contributed by atoms with E-state index in [0.29, 0.717) is 17.2 Å². The molecule has 0 saturated carbocycles. The van der Waals surface area contributed by atoms with Crippen LogP contribution in [0.25, 0.3) is 0 Å². The van der Waals surface area contributed by atoms with E-state index in [1.54, 1.807) is 27.2 Å². The number of nitrogens with one attached hydrogen (secondary N) is 1. The van der Waals surface area contributed by atoms with E-state index >= 15 is 0 Å². The SMILES string of the molecule is COc1cc(C)c([C@H](C)NC(=O)c2cc(C)no2)cc1OC. The van der Waals surface area contributed by atoms with Crippen LogP contribution in [0.5, 0.6) is 11.5 Å². The van der Waals surface area contributed by atoms with Gasteiger partial charge in [0.05, 0.1) is 26.0 Å². The lowest BCUT2D eigenvalue weighted by Crippen LogP contribution is -2.26. The average molecular weight is 304 g/mol. The van der Waals surface area contributed by atoms with Crippen LogP contribution in [-0.4, -0.2) is 25.3 Å². The summed E-state index contributed by atoms with van der Waals surface area (Å²) in [4.78, 5) is 12.1. The Bertz CT molecular complexity index is 679. The molecule has 22 heavy (non-hydrogen) atoms. The summed E-state index contributed by atoms with van der Waals surface area (Å²) in [6.45, 7) is 5.62. The second-order valence-electron chi connectivity index (χ2n) is 5.09. The Morgan fingerprint density at radius 3 is 2.36 bits per heavy atom. The lowest BCUT2D eigenvalue weighted by molar-refractivity contribution is 0.0902. The molecule has 0 spiro atoms. The Morgan fingerprint density at radius 2 is 1.82 bits per heavy atom. The first-order valence-electron chi connectivity index (χ1n) is 6.93. The first kappa shape index (κ1) is 15.9. The average Bonchev–Trinajstić information content (AvgIpc) is 2.93. The van der Waals surface area contributed by atoms with Crippen LogP contribution in [0.3, 0.4) is 0 Å². The fourth-order valence-electron chi connectivity index (χ4n) is 2.28. The van der Waals surface area contributed by atoms with Gasteiger partial charge in [0.25, 0.3) is 5.91 Å². The Hall–Kier alpha value is -2.50. The highest BCUT2D eigenvalue weighted by Crippen LogP contribution is 2.32. The summed E-state index contributed by atoms with van der Waals surface area (Å²) in [5, 5.41) is 6.60. The Balaban J connectivity index is 2.22. The molecular weight excluding hydrogens is 284 g/mol. The van der Waals surface area contributed by atoms with Gasteiger partial charge in [-0.1, -0.05) is 5.16 Å². The highest BCUT2D eigenvalue weighted by molar-refractivity contribution is 5.91. The Labute approximate surface area is 129 Å². The molecule has 0 aliphatic carbocycles. The van der Waals surface area contributed by atoms with Gasteiger partial charge in [0.2, 0.25) is 5.76 Å². The van der Waals surface area contributed by atoms with Crippen molar-refractivity contribution in [2.24, 2.45) is 0 Å². The van der Waals surface area contributed by atoms with Gasteiger partial charge in [0, 0.05) is 6.07 Å². The van der Waals surface area contributed by atoms with E-state index in [-0.39, 0.29) is 17.7 Å². The molecule has 1 aromatic carbocycles. The number of carbonyl (C=O) groups excluding carboxylic acids is 1. The minimum absolute atomic E-state index is 0.197. The van der Waals surface area contributed by atoms with E-state index in [1.807, 2.05) is 26.0 Å². The zero-order chi connectivity index (χ0) is 16.3. The summed E-state index contributed by atoms with van der Waals surface area (Å²) in [5.74, 6) is 1.18. The predicted octanol–water partition coefficient (Wildman–Crippen LogP) is 2.80. The fourth-order valence-corrected chi connectivity index (χ4v) is 2.28. The number of hydrogen-bond acceptors (Lipinski definition) is 5. The molecule has 1 aromatic heterocycles. The third-order valence-corrected chi connectivity index (χ3v) is 3.44. The predicted molar refractivity (Wildman–Crippen MR) is 81.4 cm³/mol. The normalized spacial score (nSPS) is 11.9. The largest absolute Gasteiger partial charge is 0.493 e. The minimum atomic E-state index is -0.303. The van der Waals surface area contributed by atoms with Crippen LogP contribution >= 0.6 is 0 Å². The molecular formula is C16H20N2O4. The lowest BCUT2D eigenvalue weighted by atomic mass is 10.0. The highest BCUT2D eigenvalue weighted by atomic mass is 16.5. The molecule has 0 radical (unpaired) electrons. The molecule has 118 valence electrons. The van der Waals surface area contributed by atoms with E-state index in [2.05, 4.69) is 10.5 Å². The molecule has 0 fully saturated rings. The summed E-state index contributed by atoms with van der Waals surface area (Å²) in [6.07, 6.45) is 0. The van der Waals surface area contributed by atoms with Crippen LogP contribution in [0.15, 0.2) is 22.7 Å². The van der Waals surface area contributed by atoms with Crippen LogP contribution in [0.4, 0.5) is 0 Å². The molecule has 1 N–H and O–H groups in total. The van der Waals surface area contributed by atoms with Crippen LogP contribution in [0.2, 0.25) is 0 Å². The van der Waals surface area contributed by atoms with E-state index in [4.69, 9.17) is 14.0 Å². The van der Waals surface area contributed by atoms with Crippen molar-refractivity contribution in [3.8, 4) is 11.5 Å². The van der Waals surface area contributed by atoms with Crippen molar-refractivity contribution in [2.45, 2.75) is 26.8 Å². The molecule has 0 unspecified atom stereocenters. The maximum absolute atomic E-state index is 12.1. The molecule has 1 amide bonds. The molecule has 2 aromatic rings. The first-order chi connectivity index (χ1) is 10.5. The van der Waals surface area contributed by atoms with Crippen molar-refractivity contribution < 1.29 is 18.8 Å². The van der Waals surface area contributed by atoms with Gasteiger partial charge in [0.1, 0.15) is 0 Å². The number of rotatable bonds is 5. The van der Waals surface area contributed by atoms with Gasteiger partial charge in [-0.15, -0.1) is 0 Å². The third-order valence-electron chi connectivity index (χ3n) is 3.44. The van der Waals surface area contributed by atoms with Gasteiger partial charge in [-0.25, -0.2) is 0 Å². The molecule has 0 aliphatic heterocycles. The highest BCUT2D eigenvalue weighted by Gasteiger charge is 2.18. The van der Waals surface area contributed by atoms with E-state index in [1.165, 1.54) is 0 Å². The molecule has 1 heterocycles. The number of hydrogen-bond donors (Lipinski definition) is 1. The standard InChI is InChI=1S/C16H20N2O4/c1-9-6-13(20-4)14(21-5)8-12(9)11(3)17-16(19)15-7-10(2)18-22-15/h6-8,11H,1-5H3,(H,17,19)/t11-/m0/s1. The number of amides is 1. The zero-order valence-electron chi connectivity index (χ0n) is 13.4. The number of aryl methyl sites for hydroxylation is 2. The van der Waals surface area contributed by atoms with Crippen LogP contribution in [-0.2, 0) is 0 Å². The van der Waals surface area contributed by atoms with Crippen LogP contribution in [0, 0.1) is 13.8 Å². The van der Waals surface area contributed by atoms with E-state index in [0.717, 1.165) is 11.1 Å². The maximum atomic E-state index is 12.1. The second-order valence-corrected chi connectivity index (χ2v) is 5.09. The number of benzene rings is 1. The number of nitrogens with zero attached hydrogens (tertiary/aromatic N) is 1. The number of methoxy groups -OCH3 is 2. The number of ether oxygens (including phenoxy) is 2. The Morgan fingerprint density at radius 1 is 1.18 bits per heavy atom. The fraction of sp³-hybridized carbons (Fsp3) is 0.375. The smallest absolute Gasteiger partial charge is 0.290 e. The quantitative estimate of drug-likeness (QED) is 0.919. The summed E-state index contributed by atoms with van der Waals surface area (Å²) in [6, 6.07) is 5.14. The second kappa shape index (κ2) is 6.51. The topological polar surface area (TPSA) is 73.6 Å². The molecule has 2 rings (SSSR count). The van der Waals surface area contributed by atoms with Crippen molar-refractivity contribution >= 4 is 5.91 Å². The monoisotopic (exact) mass is 304 g/mol. The lowest BCUT2D eigenvalue weighted by Gasteiger charge is -2.18. The van der Waals surface area contributed by atoms with Gasteiger partial charge < -0.3 is 19.3 Å². The van der Waals surface area contributed by atoms with Crippen molar-refractivity contribution in [2.75, 3.05) is 14.2 Å². The molecule has 0 bridgehead atoms. The van der Waals surface area contributed by atoms with Crippen molar-refractivity contribution in [3.05, 3.63) is 40.8 Å². The van der Waals surface area contributed by atoms with Gasteiger partial charge in [-0.2, -0.15) is 0 Å². The molecule has 0 saturated heterocycles. The minimum Gasteiger partial charge on any atom is -0.493 e. The maximum Gasteiger partial charge on any atom is 0.290 e. The number of aromatic nitrogens is 1. The van der Waals surface area contributed by atoms with E-state index in [9.17, 15) is 4.79 Å². The van der Waals surface area contributed by atoms with Gasteiger partial charge in [-0.05, 0) is 44.0 Å². The molecule has 0 aliphatic rings. The van der Waals surface area contributed by atoms with Gasteiger partial charge in [-0.3, -0.25) is 4.79 Å². The van der Waals surface area contributed by atoms with E-state index < -0.39 is 0 Å². The molecule has 6 heteroatoms. The van der Waals surface area contributed by atoms with Crippen molar-refractivity contribution in [1.29, 1.82) is 0 Å². The third kappa shape index (κ3) is 3.21. The summed E-state index contributed by atoms with van der Waals surface area (Å²) < 4.78 is 15.5. The van der Waals surface area contributed by atoms with Crippen molar-refractivity contribution in [3.63, 3.8) is 0 Å².